The van der Waals surface area contributed by atoms with Crippen molar-refractivity contribution in [3.8, 4) is 0 Å². The molecule has 2 fully saturated rings. The summed E-state index contributed by atoms with van der Waals surface area (Å²) in [5.74, 6) is -0.242. The lowest BCUT2D eigenvalue weighted by atomic mass is 10.1. The van der Waals surface area contributed by atoms with E-state index < -0.39 is 0 Å². The molecule has 92 valence electrons. The highest BCUT2D eigenvalue weighted by Crippen LogP contribution is 2.21. The molecule has 0 saturated carbocycles. The molecular formula is C11H19NO4. The fourth-order valence-electron chi connectivity index (χ4n) is 2.20. The van der Waals surface area contributed by atoms with Crippen molar-refractivity contribution in [3.63, 3.8) is 0 Å². The lowest BCUT2D eigenvalue weighted by Gasteiger charge is -2.15. The summed E-state index contributed by atoms with van der Waals surface area (Å²) in [4.78, 5) is 11.0. The summed E-state index contributed by atoms with van der Waals surface area (Å²) >= 11 is 0. The topological polar surface area (TPSA) is 56.8 Å². The third-order valence-electron chi connectivity index (χ3n) is 3.07. The van der Waals surface area contributed by atoms with Gasteiger partial charge in [0.15, 0.2) is 6.29 Å². The Bertz CT molecular complexity index is 240. The maximum atomic E-state index is 11.0. The number of nitrogens with one attached hydrogen (secondary N) is 1. The van der Waals surface area contributed by atoms with Crippen LogP contribution in [0.4, 0.5) is 0 Å². The van der Waals surface area contributed by atoms with Crippen molar-refractivity contribution in [1.29, 1.82) is 0 Å². The lowest BCUT2D eigenvalue weighted by molar-refractivity contribution is -0.144. The Morgan fingerprint density at radius 1 is 1.56 bits per heavy atom. The van der Waals surface area contributed by atoms with Crippen molar-refractivity contribution in [2.75, 3.05) is 20.3 Å². The molecule has 1 N–H and O–H groups in total. The van der Waals surface area contributed by atoms with Crippen molar-refractivity contribution < 1.29 is 19.0 Å². The predicted molar refractivity (Wildman–Crippen MR) is 56.9 cm³/mol. The Labute approximate surface area is 95.4 Å². The van der Waals surface area contributed by atoms with Gasteiger partial charge in [0.1, 0.15) is 0 Å². The SMILES string of the molecule is COC(=O)CC1COC(CC2CCCN2)O1. The Hall–Kier alpha value is -0.650. The predicted octanol–water partition coefficient (Wildman–Crippen LogP) is 0.433. The van der Waals surface area contributed by atoms with E-state index in [9.17, 15) is 4.79 Å². The molecule has 0 amide bonds. The monoisotopic (exact) mass is 229 g/mol. The normalized spacial score (nSPS) is 34.2. The van der Waals surface area contributed by atoms with Crippen LogP contribution < -0.4 is 5.32 Å². The first-order chi connectivity index (χ1) is 7.78. The Kier molecular flexibility index (Phi) is 4.15. The molecule has 0 aromatic carbocycles. The van der Waals surface area contributed by atoms with Crippen LogP contribution in [0.5, 0.6) is 0 Å². The largest absolute Gasteiger partial charge is 0.469 e. The zero-order chi connectivity index (χ0) is 11.4. The summed E-state index contributed by atoms with van der Waals surface area (Å²) < 4.78 is 15.7. The molecule has 2 rings (SSSR count). The van der Waals surface area contributed by atoms with Crippen molar-refractivity contribution in [2.45, 2.75) is 44.1 Å². The molecule has 5 heteroatoms. The number of carbonyl (C=O) groups is 1. The number of methoxy groups -OCH3 is 1. The van der Waals surface area contributed by atoms with Crippen LogP contribution in [0.15, 0.2) is 0 Å². The molecule has 16 heavy (non-hydrogen) atoms. The van der Waals surface area contributed by atoms with Gasteiger partial charge >= 0.3 is 5.97 Å². The molecule has 2 heterocycles. The van der Waals surface area contributed by atoms with E-state index >= 15 is 0 Å². The lowest BCUT2D eigenvalue weighted by Crippen LogP contribution is -2.27. The molecule has 0 aromatic heterocycles. The number of hydrogen-bond acceptors (Lipinski definition) is 5. The van der Waals surface area contributed by atoms with Gasteiger partial charge < -0.3 is 19.5 Å². The smallest absolute Gasteiger partial charge is 0.308 e. The van der Waals surface area contributed by atoms with Crippen LogP contribution in [0.2, 0.25) is 0 Å². The average Bonchev–Trinajstić information content (AvgIpc) is 2.91. The molecule has 0 bridgehead atoms. The van der Waals surface area contributed by atoms with Crippen molar-refractivity contribution in [1.82, 2.24) is 5.32 Å². The number of ether oxygens (including phenoxy) is 3. The van der Waals surface area contributed by atoms with Gasteiger partial charge in [0.05, 0.1) is 26.2 Å². The van der Waals surface area contributed by atoms with E-state index in [1.54, 1.807) is 0 Å². The van der Waals surface area contributed by atoms with E-state index in [0.29, 0.717) is 12.6 Å². The minimum absolute atomic E-state index is 0.140. The van der Waals surface area contributed by atoms with Gasteiger partial charge in [-0.05, 0) is 19.4 Å². The third kappa shape index (κ3) is 3.17. The van der Waals surface area contributed by atoms with Gasteiger partial charge in [-0.15, -0.1) is 0 Å². The van der Waals surface area contributed by atoms with Gasteiger partial charge in [-0.25, -0.2) is 0 Å². The highest BCUT2D eigenvalue weighted by atomic mass is 16.7. The number of carbonyl (C=O) groups excluding carboxylic acids is 1. The molecule has 2 aliphatic rings. The van der Waals surface area contributed by atoms with Crippen LogP contribution >= 0.6 is 0 Å². The Morgan fingerprint density at radius 2 is 2.44 bits per heavy atom. The second-order valence-corrected chi connectivity index (χ2v) is 4.33. The van der Waals surface area contributed by atoms with Crippen LogP contribution in [0.1, 0.15) is 25.7 Å². The fourth-order valence-corrected chi connectivity index (χ4v) is 2.20. The molecule has 0 aliphatic carbocycles. The molecule has 0 spiro atoms. The van der Waals surface area contributed by atoms with Crippen molar-refractivity contribution in [2.24, 2.45) is 0 Å². The van der Waals surface area contributed by atoms with Gasteiger partial charge in [-0.1, -0.05) is 0 Å². The maximum absolute atomic E-state index is 11.0. The minimum atomic E-state index is -0.242. The van der Waals surface area contributed by atoms with Gasteiger partial charge in [-0.3, -0.25) is 4.79 Å². The Balaban J connectivity index is 1.68. The van der Waals surface area contributed by atoms with Gasteiger partial charge in [0.2, 0.25) is 0 Å². The van der Waals surface area contributed by atoms with Crippen LogP contribution in [-0.4, -0.2) is 44.7 Å². The third-order valence-corrected chi connectivity index (χ3v) is 3.07. The fraction of sp³-hybridized carbons (Fsp3) is 0.909. The van der Waals surface area contributed by atoms with E-state index in [-0.39, 0.29) is 24.8 Å². The summed E-state index contributed by atoms with van der Waals surface area (Å²) in [6.07, 6.45) is 3.26. The molecule has 0 radical (unpaired) electrons. The first-order valence-corrected chi connectivity index (χ1v) is 5.85. The number of hydrogen-bond donors (Lipinski definition) is 1. The number of rotatable bonds is 4. The van der Waals surface area contributed by atoms with E-state index in [4.69, 9.17) is 9.47 Å². The van der Waals surface area contributed by atoms with Gasteiger partial charge in [-0.2, -0.15) is 0 Å². The van der Waals surface area contributed by atoms with Crippen LogP contribution in [-0.2, 0) is 19.0 Å². The summed E-state index contributed by atoms with van der Waals surface area (Å²) in [7, 11) is 1.39. The zero-order valence-corrected chi connectivity index (χ0v) is 9.61. The second kappa shape index (κ2) is 5.61. The van der Waals surface area contributed by atoms with E-state index in [2.05, 4.69) is 10.1 Å². The van der Waals surface area contributed by atoms with Crippen LogP contribution in [0.3, 0.4) is 0 Å². The van der Waals surface area contributed by atoms with Gasteiger partial charge in [0, 0.05) is 12.5 Å². The summed E-state index contributed by atoms with van der Waals surface area (Å²) in [6.45, 7) is 1.58. The summed E-state index contributed by atoms with van der Waals surface area (Å²) in [6, 6.07) is 0.502. The average molecular weight is 229 g/mol. The standard InChI is InChI=1S/C11H19NO4/c1-14-10(13)6-9-7-15-11(16-9)5-8-3-2-4-12-8/h8-9,11-12H,2-7H2,1H3. The molecule has 3 unspecified atom stereocenters. The van der Waals surface area contributed by atoms with E-state index in [1.165, 1.54) is 20.0 Å². The first kappa shape index (κ1) is 11.8. The summed E-state index contributed by atoms with van der Waals surface area (Å²) in [5.41, 5.74) is 0. The first-order valence-electron chi connectivity index (χ1n) is 5.85. The second-order valence-electron chi connectivity index (χ2n) is 4.33. The molecule has 5 nitrogen and oxygen atoms in total. The molecular weight excluding hydrogens is 210 g/mol. The van der Waals surface area contributed by atoms with Gasteiger partial charge in [0.25, 0.3) is 0 Å². The maximum Gasteiger partial charge on any atom is 0.308 e. The molecule has 2 saturated heterocycles. The Morgan fingerprint density at radius 3 is 3.12 bits per heavy atom. The van der Waals surface area contributed by atoms with Crippen LogP contribution in [0.25, 0.3) is 0 Å². The highest BCUT2D eigenvalue weighted by Gasteiger charge is 2.30. The summed E-state index contributed by atoms with van der Waals surface area (Å²) in [5, 5.41) is 3.40. The zero-order valence-electron chi connectivity index (χ0n) is 9.61. The molecule has 0 aromatic rings. The van der Waals surface area contributed by atoms with E-state index in [1.807, 2.05) is 0 Å². The van der Waals surface area contributed by atoms with E-state index in [0.717, 1.165) is 13.0 Å². The molecule has 3 atom stereocenters. The molecule has 2 aliphatic heterocycles. The quantitative estimate of drug-likeness (QED) is 0.709. The van der Waals surface area contributed by atoms with Crippen molar-refractivity contribution >= 4 is 5.97 Å². The number of esters is 1. The van der Waals surface area contributed by atoms with Crippen LogP contribution in [0, 0.1) is 0 Å². The minimum Gasteiger partial charge on any atom is -0.469 e. The highest BCUT2D eigenvalue weighted by molar-refractivity contribution is 5.69. The van der Waals surface area contributed by atoms with Crippen molar-refractivity contribution in [3.05, 3.63) is 0 Å².